The van der Waals surface area contributed by atoms with E-state index >= 15 is 0 Å². The Kier molecular flexibility index (Phi) is 4.40. The first-order chi connectivity index (χ1) is 10.1. The molecular formula is C14H15N3O4. The van der Waals surface area contributed by atoms with E-state index in [2.05, 4.69) is 10.6 Å². The van der Waals surface area contributed by atoms with Gasteiger partial charge in [-0.3, -0.25) is 0 Å². The number of hydrogen-bond acceptors (Lipinski definition) is 4. The van der Waals surface area contributed by atoms with Gasteiger partial charge < -0.3 is 20.5 Å². The standard InChI is InChI=1S/C14H15N3O4/c15-7-5-10-1-3-11(4-2-10)16-13(20)17-14(12(18)19)6-8-21-9-14/h1-4H,5-6,8-9H2,(H,18,19)(H2,16,17,20). The van der Waals surface area contributed by atoms with E-state index in [1.165, 1.54) is 0 Å². The average Bonchev–Trinajstić information content (AvgIpc) is 2.91. The van der Waals surface area contributed by atoms with Crippen LogP contribution < -0.4 is 10.6 Å². The summed E-state index contributed by atoms with van der Waals surface area (Å²) in [5.41, 5.74) is -0.00604. The topological polar surface area (TPSA) is 111 Å². The van der Waals surface area contributed by atoms with E-state index in [-0.39, 0.29) is 13.0 Å². The summed E-state index contributed by atoms with van der Waals surface area (Å²) in [6.45, 7) is 0.256. The third-order valence-electron chi connectivity index (χ3n) is 3.28. The third kappa shape index (κ3) is 3.49. The lowest BCUT2D eigenvalue weighted by molar-refractivity contribution is -0.144. The maximum atomic E-state index is 11.9. The first-order valence-electron chi connectivity index (χ1n) is 6.42. The molecule has 1 aromatic rings. The van der Waals surface area contributed by atoms with Crippen LogP contribution in [0.4, 0.5) is 10.5 Å². The van der Waals surface area contributed by atoms with Crippen LogP contribution in [0.3, 0.4) is 0 Å². The number of rotatable bonds is 4. The van der Waals surface area contributed by atoms with Crippen LogP contribution in [-0.2, 0) is 16.0 Å². The van der Waals surface area contributed by atoms with Crippen LogP contribution in [0, 0.1) is 11.3 Å². The average molecular weight is 289 g/mol. The molecule has 1 aliphatic heterocycles. The van der Waals surface area contributed by atoms with Gasteiger partial charge in [0.2, 0.25) is 0 Å². The van der Waals surface area contributed by atoms with Gasteiger partial charge in [-0.1, -0.05) is 12.1 Å². The fourth-order valence-corrected chi connectivity index (χ4v) is 2.06. The Hall–Kier alpha value is -2.59. The van der Waals surface area contributed by atoms with Gasteiger partial charge in [0.05, 0.1) is 19.1 Å². The van der Waals surface area contributed by atoms with Gasteiger partial charge in [0.1, 0.15) is 0 Å². The van der Waals surface area contributed by atoms with Crippen molar-refractivity contribution in [3.05, 3.63) is 29.8 Å². The fraction of sp³-hybridized carbons (Fsp3) is 0.357. The number of nitriles is 1. The predicted molar refractivity (Wildman–Crippen MR) is 73.7 cm³/mol. The van der Waals surface area contributed by atoms with Gasteiger partial charge >= 0.3 is 12.0 Å². The van der Waals surface area contributed by atoms with Crippen molar-refractivity contribution in [2.45, 2.75) is 18.4 Å². The van der Waals surface area contributed by atoms with Crippen LogP contribution in [0.1, 0.15) is 12.0 Å². The number of amides is 2. The SMILES string of the molecule is N#CCc1ccc(NC(=O)NC2(C(=O)O)CCOC2)cc1. The second-order valence-corrected chi connectivity index (χ2v) is 4.80. The van der Waals surface area contributed by atoms with E-state index in [1.807, 2.05) is 6.07 Å². The molecule has 21 heavy (non-hydrogen) atoms. The lowest BCUT2D eigenvalue weighted by atomic mass is 9.99. The number of nitrogens with zero attached hydrogens (tertiary/aromatic N) is 1. The molecule has 0 saturated carbocycles. The lowest BCUT2D eigenvalue weighted by Gasteiger charge is -2.23. The van der Waals surface area contributed by atoms with Crippen molar-refractivity contribution >= 4 is 17.7 Å². The smallest absolute Gasteiger partial charge is 0.332 e. The van der Waals surface area contributed by atoms with Crippen LogP contribution in [-0.4, -0.2) is 35.9 Å². The summed E-state index contributed by atoms with van der Waals surface area (Å²) in [5, 5.41) is 22.8. The van der Waals surface area contributed by atoms with E-state index < -0.39 is 17.5 Å². The summed E-state index contributed by atoms with van der Waals surface area (Å²) in [6, 6.07) is 8.20. The van der Waals surface area contributed by atoms with Crippen molar-refractivity contribution in [2.75, 3.05) is 18.5 Å². The lowest BCUT2D eigenvalue weighted by Crippen LogP contribution is -2.56. The quantitative estimate of drug-likeness (QED) is 0.769. The number of benzene rings is 1. The molecule has 1 fully saturated rings. The molecule has 1 aromatic carbocycles. The van der Waals surface area contributed by atoms with Crippen molar-refractivity contribution < 1.29 is 19.4 Å². The molecule has 7 heteroatoms. The number of nitrogens with one attached hydrogen (secondary N) is 2. The maximum Gasteiger partial charge on any atom is 0.332 e. The summed E-state index contributed by atoms with van der Waals surface area (Å²) < 4.78 is 5.06. The zero-order valence-electron chi connectivity index (χ0n) is 11.3. The zero-order chi connectivity index (χ0) is 15.3. The maximum absolute atomic E-state index is 11.9. The Morgan fingerprint density at radius 3 is 2.62 bits per heavy atom. The molecule has 2 rings (SSSR count). The molecule has 110 valence electrons. The molecule has 0 radical (unpaired) electrons. The van der Waals surface area contributed by atoms with Gasteiger partial charge in [-0.15, -0.1) is 0 Å². The highest BCUT2D eigenvalue weighted by molar-refractivity contribution is 5.94. The minimum absolute atomic E-state index is 0.0448. The first kappa shape index (κ1) is 14.8. The number of anilines is 1. The number of carbonyl (C=O) groups excluding carboxylic acids is 1. The minimum atomic E-state index is -1.37. The van der Waals surface area contributed by atoms with E-state index in [0.717, 1.165) is 5.56 Å². The summed E-state index contributed by atoms with van der Waals surface area (Å²) in [5.74, 6) is -1.11. The van der Waals surface area contributed by atoms with Gasteiger partial charge in [0.25, 0.3) is 0 Å². The highest BCUT2D eigenvalue weighted by Gasteiger charge is 2.44. The van der Waals surface area contributed by atoms with Crippen molar-refractivity contribution in [1.82, 2.24) is 5.32 Å². The van der Waals surface area contributed by atoms with Gasteiger partial charge in [-0.05, 0) is 17.7 Å². The molecular weight excluding hydrogens is 274 g/mol. The number of aliphatic carboxylic acids is 1. The highest BCUT2D eigenvalue weighted by atomic mass is 16.5. The van der Waals surface area contributed by atoms with Crippen molar-refractivity contribution in [3.63, 3.8) is 0 Å². The molecule has 1 aliphatic rings. The number of carboxylic acids is 1. The molecule has 1 atom stereocenters. The highest BCUT2D eigenvalue weighted by Crippen LogP contribution is 2.19. The monoisotopic (exact) mass is 289 g/mol. The number of hydrogen-bond donors (Lipinski definition) is 3. The number of carboxylic acid groups (broad SMARTS) is 1. The van der Waals surface area contributed by atoms with Crippen LogP contribution in [0.15, 0.2) is 24.3 Å². The molecule has 0 spiro atoms. The second kappa shape index (κ2) is 6.24. The van der Waals surface area contributed by atoms with Crippen molar-refractivity contribution in [2.24, 2.45) is 0 Å². The third-order valence-corrected chi connectivity index (χ3v) is 3.28. The van der Waals surface area contributed by atoms with Crippen LogP contribution >= 0.6 is 0 Å². The van der Waals surface area contributed by atoms with E-state index in [4.69, 9.17) is 10.00 Å². The molecule has 1 heterocycles. The zero-order valence-corrected chi connectivity index (χ0v) is 11.3. The van der Waals surface area contributed by atoms with Crippen molar-refractivity contribution in [3.8, 4) is 6.07 Å². The Labute approximate surface area is 121 Å². The molecule has 0 aromatic heterocycles. The Morgan fingerprint density at radius 2 is 2.10 bits per heavy atom. The normalized spacial score (nSPS) is 20.5. The Bertz CT molecular complexity index is 571. The largest absolute Gasteiger partial charge is 0.479 e. The van der Waals surface area contributed by atoms with Crippen LogP contribution in [0.5, 0.6) is 0 Å². The second-order valence-electron chi connectivity index (χ2n) is 4.80. The predicted octanol–water partition coefficient (Wildman–Crippen LogP) is 1.12. The number of urea groups is 1. The van der Waals surface area contributed by atoms with E-state index in [0.29, 0.717) is 18.7 Å². The van der Waals surface area contributed by atoms with Crippen LogP contribution in [0.25, 0.3) is 0 Å². The van der Waals surface area contributed by atoms with Gasteiger partial charge in [0.15, 0.2) is 5.54 Å². The summed E-state index contributed by atoms with van der Waals surface area (Å²) in [4.78, 5) is 23.2. The number of carbonyl (C=O) groups is 2. The Balaban J connectivity index is 1.98. The molecule has 0 bridgehead atoms. The first-order valence-corrected chi connectivity index (χ1v) is 6.42. The fourth-order valence-electron chi connectivity index (χ4n) is 2.06. The molecule has 1 unspecified atom stereocenters. The number of ether oxygens (including phenoxy) is 1. The molecule has 0 aliphatic carbocycles. The van der Waals surface area contributed by atoms with Crippen molar-refractivity contribution in [1.29, 1.82) is 5.26 Å². The molecule has 7 nitrogen and oxygen atoms in total. The minimum Gasteiger partial charge on any atom is -0.479 e. The summed E-state index contributed by atoms with van der Waals surface area (Å²) >= 11 is 0. The van der Waals surface area contributed by atoms with Gasteiger partial charge in [-0.2, -0.15) is 5.26 Å². The van der Waals surface area contributed by atoms with E-state index in [1.54, 1.807) is 24.3 Å². The molecule has 2 amide bonds. The summed E-state index contributed by atoms with van der Waals surface area (Å²) in [6.07, 6.45) is 0.531. The molecule has 1 saturated heterocycles. The summed E-state index contributed by atoms with van der Waals surface area (Å²) in [7, 11) is 0. The Morgan fingerprint density at radius 1 is 1.38 bits per heavy atom. The van der Waals surface area contributed by atoms with Gasteiger partial charge in [0, 0.05) is 18.7 Å². The molecule has 3 N–H and O–H groups in total. The van der Waals surface area contributed by atoms with E-state index in [9.17, 15) is 14.7 Å². The van der Waals surface area contributed by atoms with Crippen LogP contribution in [0.2, 0.25) is 0 Å². The van der Waals surface area contributed by atoms with Gasteiger partial charge in [-0.25, -0.2) is 9.59 Å².